The minimum absolute atomic E-state index is 0.0812. The summed E-state index contributed by atoms with van der Waals surface area (Å²) in [5.41, 5.74) is 1.06. The molecule has 1 amide bonds. The molecular weight excluding hydrogens is 398 g/mol. The summed E-state index contributed by atoms with van der Waals surface area (Å²) in [7, 11) is -3.82. The van der Waals surface area contributed by atoms with Crippen LogP contribution in [0.15, 0.2) is 59.8 Å². The molecule has 0 fully saturated rings. The van der Waals surface area contributed by atoms with Gasteiger partial charge in [-0.3, -0.25) is 4.79 Å². The SMILES string of the molecule is Cc1c(C(=O)OCC(=O)Nc2ccc(S(N)(=O)=O)cc2)cnn1-c1ccccn1. The Morgan fingerprint density at radius 1 is 1.17 bits per heavy atom. The van der Waals surface area contributed by atoms with E-state index in [4.69, 9.17) is 9.88 Å². The molecule has 0 saturated heterocycles. The standard InChI is InChI=1S/C18H17N5O5S/c1-12-15(10-21-23(12)16-4-2-3-9-20-16)18(25)28-11-17(24)22-13-5-7-14(8-6-13)29(19,26)27/h2-10H,11H2,1H3,(H,22,24)(H2,19,26,27). The molecule has 2 aromatic heterocycles. The van der Waals surface area contributed by atoms with Crippen molar-refractivity contribution >= 4 is 27.6 Å². The van der Waals surface area contributed by atoms with Gasteiger partial charge in [-0.2, -0.15) is 5.10 Å². The van der Waals surface area contributed by atoms with Crippen molar-refractivity contribution in [2.45, 2.75) is 11.8 Å². The van der Waals surface area contributed by atoms with Gasteiger partial charge < -0.3 is 10.1 Å². The predicted molar refractivity (Wildman–Crippen MR) is 103 cm³/mol. The zero-order valence-corrected chi connectivity index (χ0v) is 16.1. The summed E-state index contributed by atoms with van der Waals surface area (Å²) in [6, 6.07) is 10.6. The van der Waals surface area contributed by atoms with Crippen molar-refractivity contribution in [2.75, 3.05) is 11.9 Å². The second-order valence-corrected chi connectivity index (χ2v) is 7.50. The first-order valence-electron chi connectivity index (χ1n) is 8.31. The number of amides is 1. The molecule has 1 aromatic carbocycles. The molecule has 0 unspecified atom stereocenters. The first kappa shape index (κ1) is 20.2. The van der Waals surface area contributed by atoms with E-state index < -0.39 is 28.5 Å². The number of carbonyl (C=O) groups excluding carboxylic acids is 2. The summed E-state index contributed by atoms with van der Waals surface area (Å²) in [5, 5.41) is 11.6. The van der Waals surface area contributed by atoms with Gasteiger partial charge in [0, 0.05) is 11.9 Å². The molecular formula is C18H17N5O5S. The number of nitrogens with two attached hydrogens (primary N) is 1. The van der Waals surface area contributed by atoms with Gasteiger partial charge in [0.05, 0.1) is 16.8 Å². The third-order valence-corrected chi connectivity index (χ3v) is 4.83. The highest BCUT2D eigenvalue weighted by molar-refractivity contribution is 7.89. The Hall–Kier alpha value is -3.57. The normalized spacial score (nSPS) is 11.1. The van der Waals surface area contributed by atoms with Gasteiger partial charge in [0.25, 0.3) is 5.91 Å². The second-order valence-electron chi connectivity index (χ2n) is 5.94. The van der Waals surface area contributed by atoms with E-state index in [9.17, 15) is 18.0 Å². The van der Waals surface area contributed by atoms with E-state index in [0.29, 0.717) is 17.2 Å². The number of carbonyl (C=O) groups is 2. The molecule has 0 saturated carbocycles. The highest BCUT2D eigenvalue weighted by atomic mass is 32.2. The van der Waals surface area contributed by atoms with Gasteiger partial charge in [0.15, 0.2) is 12.4 Å². The number of anilines is 1. The van der Waals surface area contributed by atoms with Gasteiger partial charge in [0.1, 0.15) is 5.56 Å². The van der Waals surface area contributed by atoms with Crippen molar-refractivity contribution in [2.24, 2.45) is 5.14 Å². The maximum atomic E-state index is 12.3. The average Bonchev–Trinajstić information content (AvgIpc) is 3.08. The van der Waals surface area contributed by atoms with Gasteiger partial charge in [-0.1, -0.05) is 6.07 Å². The van der Waals surface area contributed by atoms with E-state index in [1.54, 1.807) is 31.3 Å². The molecule has 10 nitrogen and oxygen atoms in total. The number of esters is 1. The highest BCUT2D eigenvalue weighted by Gasteiger charge is 2.18. The zero-order valence-electron chi connectivity index (χ0n) is 15.3. The lowest BCUT2D eigenvalue weighted by atomic mass is 10.2. The predicted octanol–water partition coefficient (Wildman–Crippen LogP) is 1.02. The summed E-state index contributed by atoms with van der Waals surface area (Å²) < 4.78 is 29.0. The lowest BCUT2D eigenvalue weighted by Gasteiger charge is -2.07. The average molecular weight is 415 g/mol. The number of hydrogen-bond donors (Lipinski definition) is 2. The van der Waals surface area contributed by atoms with Crippen LogP contribution in [0.3, 0.4) is 0 Å². The van der Waals surface area contributed by atoms with E-state index in [0.717, 1.165) is 0 Å². The number of rotatable bonds is 6. The maximum Gasteiger partial charge on any atom is 0.342 e. The number of nitrogens with zero attached hydrogens (tertiary/aromatic N) is 3. The van der Waals surface area contributed by atoms with Crippen LogP contribution in [0.5, 0.6) is 0 Å². The molecule has 0 aliphatic carbocycles. The summed E-state index contributed by atoms with van der Waals surface area (Å²) in [6.07, 6.45) is 2.95. The fourth-order valence-corrected chi connectivity index (χ4v) is 2.97. The van der Waals surface area contributed by atoms with E-state index in [-0.39, 0.29) is 10.5 Å². The monoisotopic (exact) mass is 415 g/mol. The molecule has 0 spiro atoms. The third-order valence-electron chi connectivity index (χ3n) is 3.90. The number of nitrogens with one attached hydrogen (secondary N) is 1. The van der Waals surface area contributed by atoms with Crippen LogP contribution in [0.25, 0.3) is 5.82 Å². The molecule has 150 valence electrons. The van der Waals surface area contributed by atoms with Crippen molar-refractivity contribution in [3.63, 3.8) is 0 Å². The first-order chi connectivity index (χ1) is 13.8. The Balaban J connectivity index is 1.59. The topological polar surface area (TPSA) is 146 Å². The fourth-order valence-electron chi connectivity index (χ4n) is 2.45. The first-order valence-corrected chi connectivity index (χ1v) is 9.86. The van der Waals surface area contributed by atoms with Gasteiger partial charge >= 0.3 is 5.97 Å². The minimum Gasteiger partial charge on any atom is -0.452 e. The Morgan fingerprint density at radius 3 is 2.52 bits per heavy atom. The lowest BCUT2D eigenvalue weighted by molar-refractivity contribution is -0.119. The summed E-state index contributed by atoms with van der Waals surface area (Å²) in [5.74, 6) is -0.745. The van der Waals surface area contributed by atoms with Crippen LogP contribution in [-0.2, 0) is 19.6 Å². The van der Waals surface area contributed by atoms with Crippen molar-refractivity contribution in [3.8, 4) is 5.82 Å². The number of primary sulfonamides is 1. The molecule has 29 heavy (non-hydrogen) atoms. The number of aromatic nitrogens is 3. The molecule has 0 aliphatic heterocycles. The molecule has 0 bridgehead atoms. The molecule has 11 heteroatoms. The summed E-state index contributed by atoms with van der Waals surface area (Å²) in [4.78, 5) is 28.3. The molecule has 0 aliphatic rings. The quantitative estimate of drug-likeness (QED) is 0.571. The molecule has 3 aromatic rings. The van der Waals surface area contributed by atoms with E-state index in [1.165, 1.54) is 35.1 Å². The molecule has 2 heterocycles. The van der Waals surface area contributed by atoms with Crippen molar-refractivity contribution in [3.05, 3.63) is 66.1 Å². The number of pyridine rings is 1. The number of benzene rings is 1. The maximum absolute atomic E-state index is 12.3. The van der Waals surface area contributed by atoms with Gasteiger partial charge in [-0.05, 0) is 43.3 Å². The Labute approximate surface area is 166 Å². The van der Waals surface area contributed by atoms with Crippen LogP contribution >= 0.6 is 0 Å². The molecule has 0 radical (unpaired) electrons. The smallest absolute Gasteiger partial charge is 0.342 e. The molecule has 3 rings (SSSR count). The van der Waals surface area contributed by atoms with Crippen molar-refractivity contribution in [1.82, 2.24) is 14.8 Å². The summed E-state index contributed by atoms with van der Waals surface area (Å²) >= 11 is 0. The largest absolute Gasteiger partial charge is 0.452 e. The Kier molecular flexibility index (Phi) is 5.71. The zero-order chi connectivity index (χ0) is 21.0. The van der Waals surface area contributed by atoms with Crippen LogP contribution in [-0.4, -0.2) is 41.7 Å². The highest BCUT2D eigenvalue weighted by Crippen LogP contribution is 2.14. The second kappa shape index (κ2) is 8.20. The van der Waals surface area contributed by atoms with E-state index >= 15 is 0 Å². The van der Waals surface area contributed by atoms with Gasteiger partial charge in [0.2, 0.25) is 10.0 Å². The number of ether oxygens (including phenoxy) is 1. The van der Waals surface area contributed by atoms with Crippen molar-refractivity contribution < 1.29 is 22.7 Å². The lowest BCUT2D eigenvalue weighted by Crippen LogP contribution is -2.21. The van der Waals surface area contributed by atoms with Crippen molar-refractivity contribution in [1.29, 1.82) is 0 Å². The summed E-state index contributed by atoms with van der Waals surface area (Å²) in [6.45, 7) is 1.16. The molecule has 0 atom stereocenters. The number of sulfonamides is 1. The third kappa shape index (κ3) is 4.83. The number of hydrogen-bond acceptors (Lipinski definition) is 7. The van der Waals surface area contributed by atoms with Gasteiger partial charge in [-0.15, -0.1) is 0 Å². The van der Waals surface area contributed by atoms with Crippen LogP contribution in [0, 0.1) is 6.92 Å². The minimum atomic E-state index is -3.82. The Morgan fingerprint density at radius 2 is 1.90 bits per heavy atom. The van der Waals surface area contributed by atoms with Crippen LogP contribution in [0.1, 0.15) is 16.1 Å². The fraction of sp³-hybridized carbons (Fsp3) is 0.111. The van der Waals surface area contributed by atoms with E-state index in [2.05, 4.69) is 15.4 Å². The van der Waals surface area contributed by atoms with Crippen LogP contribution < -0.4 is 10.5 Å². The molecule has 3 N–H and O–H groups in total. The van der Waals surface area contributed by atoms with Crippen LogP contribution in [0.4, 0.5) is 5.69 Å². The van der Waals surface area contributed by atoms with Crippen LogP contribution in [0.2, 0.25) is 0 Å². The Bertz CT molecular complexity index is 1140. The van der Waals surface area contributed by atoms with E-state index in [1.807, 2.05) is 0 Å². The van der Waals surface area contributed by atoms with Gasteiger partial charge in [-0.25, -0.2) is 28.0 Å².